The summed E-state index contributed by atoms with van der Waals surface area (Å²) in [6, 6.07) is 14.7. The Hall–Kier alpha value is -2.69. The van der Waals surface area contributed by atoms with Crippen LogP contribution in [-0.4, -0.2) is 27.0 Å². The fraction of sp³-hybridized carbons (Fsp3) is 0.278. The monoisotopic (exact) mass is 316 g/mol. The van der Waals surface area contributed by atoms with Crippen LogP contribution in [0, 0.1) is 0 Å². The van der Waals surface area contributed by atoms with Gasteiger partial charge >= 0.3 is 6.16 Å². The fourth-order valence-corrected chi connectivity index (χ4v) is 2.13. The van der Waals surface area contributed by atoms with E-state index in [4.69, 9.17) is 18.9 Å². The van der Waals surface area contributed by atoms with Gasteiger partial charge in [-0.3, -0.25) is 0 Å². The highest BCUT2D eigenvalue weighted by atomic mass is 16.7. The molecule has 0 spiro atoms. The molecule has 0 atom stereocenters. The highest BCUT2D eigenvalue weighted by Crippen LogP contribution is 2.29. The lowest BCUT2D eigenvalue weighted by Crippen LogP contribution is -2.14. The van der Waals surface area contributed by atoms with E-state index in [1.807, 2.05) is 48.5 Å². The number of ether oxygens (including phenoxy) is 4. The van der Waals surface area contributed by atoms with Gasteiger partial charge in [0.2, 0.25) is 0 Å². The maximum absolute atomic E-state index is 11.8. The van der Waals surface area contributed by atoms with Crippen LogP contribution in [0.25, 0.3) is 0 Å². The predicted octanol–water partition coefficient (Wildman–Crippen LogP) is 3.97. The Morgan fingerprint density at radius 1 is 0.870 bits per heavy atom. The van der Waals surface area contributed by atoms with Crippen molar-refractivity contribution in [2.75, 3.05) is 20.8 Å². The number of methoxy groups -OCH3 is 2. The Balaban J connectivity index is 2.30. The molecule has 0 saturated heterocycles. The highest BCUT2D eigenvalue weighted by molar-refractivity contribution is 5.61. The number of carbonyl (C=O) groups is 1. The normalized spacial score (nSPS) is 10.3. The first-order valence-electron chi connectivity index (χ1n) is 7.29. The molecule has 0 fully saturated rings. The van der Waals surface area contributed by atoms with Gasteiger partial charge < -0.3 is 18.9 Å². The second kappa shape index (κ2) is 8.08. The summed E-state index contributed by atoms with van der Waals surface area (Å²) >= 11 is 0. The number of hydrogen-bond donors (Lipinski definition) is 0. The van der Waals surface area contributed by atoms with E-state index in [0.29, 0.717) is 0 Å². The first-order chi connectivity index (χ1) is 11.2. The van der Waals surface area contributed by atoms with Crippen LogP contribution in [0.5, 0.6) is 11.5 Å². The van der Waals surface area contributed by atoms with Gasteiger partial charge in [0, 0.05) is 0 Å². The van der Waals surface area contributed by atoms with Crippen molar-refractivity contribution in [3.05, 3.63) is 59.7 Å². The summed E-state index contributed by atoms with van der Waals surface area (Å²) < 4.78 is 20.7. The molecule has 0 aliphatic carbocycles. The van der Waals surface area contributed by atoms with E-state index in [-0.39, 0.29) is 6.61 Å². The van der Waals surface area contributed by atoms with Crippen LogP contribution < -0.4 is 9.47 Å². The molecule has 0 aliphatic rings. The van der Waals surface area contributed by atoms with Crippen LogP contribution in [0.1, 0.15) is 24.2 Å². The smallest absolute Gasteiger partial charge is 0.497 e. The lowest BCUT2D eigenvalue weighted by atomic mass is 10.0. The summed E-state index contributed by atoms with van der Waals surface area (Å²) in [7, 11) is 3.20. The van der Waals surface area contributed by atoms with Crippen LogP contribution in [0.2, 0.25) is 0 Å². The Morgan fingerprint density at radius 3 is 1.65 bits per heavy atom. The lowest BCUT2D eigenvalue weighted by molar-refractivity contribution is 0.0379. The average Bonchev–Trinajstić information content (AvgIpc) is 2.60. The molecule has 0 aliphatic heterocycles. The zero-order valence-electron chi connectivity index (χ0n) is 13.4. The van der Waals surface area contributed by atoms with Gasteiger partial charge in [0.25, 0.3) is 0 Å². The van der Waals surface area contributed by atoms with Crippen LogP contribution in [0.15, 0.2) is 48.5 Å². The summed E-state index contributed by atoms with van der Waals surface area (Å²) in [5.74, 6) is 1.47. The summed E-state index contributed by atoms with van der Waals surface area (Å²) in [5.41, 5.74) is 1.65. The SMILES string of the molecule is CCOC(=O)OC(c1ccc(OC)cc1)c1ccc(OC)cc1. The second-order valence-electron chi connectivity index (χ2n) is 4.73. The van der Waals surface area contributed by atoms with Crippen LogP contribution in [-0.2, 0) is 9.47 Å². The molecule has 0 amide bonds. The number of benzene rings is 2. The van der Waals surface area contributed by atoms with Gasteiger partial charge in [-0.2, -0.15) is 0 Å². The van der Waals surface area contributed by atoms with Gasteiger partial charge in [-0.05, 0) is 42.3 Å². The third kappa shape index (κ3) is 4.39. The third-order valence-electron chi connectivity index (χ3n) is 3.31. The summed E-state index contributed by atoms with van der Waals surface area (Å²) in [6.07, 6.45) is -1.27. The highest BCUT2D eigenvalue weighted by Gasteiger charge is 2.20. The predicted molar refractivity (Wildman–Crippen MR) is 85.9 cm³/mol. The van der Waals surface area contributed by atoms with E-state index in [9.17, 15) is 4.79 Å². The molecule has 23 heavy (non-hydrogen) atoms. The molecule has 5 nitrogen and oxygen atoms in total. The van der Waals surface area contributed by atoms with Crippen molar-refractivity contribution in [1.29, 1.82) is 0 Å². The fourth-order valence-electron chi connectivity index (χ4n) is 2.13. The van der Waals surface area contributed by atoms with Crippen LogP contribution >= 0.6 is 0 Å². The molecule has 0 aromatic heterocycles. The van der Waals surface area contributed by atoms with Crippen molar-refractivity contribution in [3.8, 4) is 11.5 Å². The molecule has 5 heteroatoms. The maximum Gasteiger partial charge on any atom is 0.509 e. The zero-order valence-corrected chi connectivity index (χ0v) is 13.4. The van der Waals surface area contributed by atoms with Crippen molar-refractivity contribution in [2.45, 2.75) is 13.0 Å². The topological polar surface area (TPSA) is 54.0 Å². The summed E-state index contributed by atoms with van der Waals surface area (Å²) in [5, 5.41) is 0. The van der Waals surface area contributed by atoms with E-state index in [0.717, 1.165) is 22.6 Å². The Kier molecular flexibility index (Phi) is 5.86. The number of hydrogen-bond acceptors (Lipinski definition) is 5. The Morgan fingerprint density at radius 2 is 1.30 bits per heavy atom. The van der Waals surface area contributed by atoms with E-state index in [2.05, 4.69) is 0 Å². The summed E-state index contributed by atoms with van der Waals surface area (Å²) in [4.78, 5) is 11.8. The van der Waals surface area contributed by atoms with E-state index < -0.39 is 12.3 Å². The average molecular weight is 316 g/mol. The lowest BCUT2D eigenvalue weighted by Gasteiger charge is -2.19. The minimum atomic E-state index is -0.705. The Bertz CT molecular complexity index is 571. The van der Waals surface area contributed by atoms with Crippen molar-refractivity contribution in [2.24, 2.45) is 0 Å². The first-order valence-corrected chi connectivity index (χ1v) is 7.29. The standard InChI is InChI=1S/C18H20O5/c1-4-22-18(19)23-17(13-5-9-15(20-2)10-6-13)14-7-11-16(21-3)12-8-14/h5-12,17H,4H2,1-3H3. The van der Waals surface area contributed by atoms with Gasteiger partial charge in [-0.1, -0.05) is 24.3 Å². The third-order valence-corrected chi connectivity index (χ3v) is 3.31. The Labute approximate surface area is 135 Å². The number of carbonyl (C=O) groups excluding carboxylic acids is 1. The minimum absolute atomic E-state index is 0.261. The van der Waals surface area contributed by atoms with Gasteiger partial charge in [-0.25, -0.2) is 4.79 Å². The van der Waals surface area contributed by atoms with Crippen molar-refractivity contribution in [3.63, 3.8) is 0 Å². The van der Waals surface area contributed by atoms with Crippen LogP contribution in [0.4, 0.5) is 4.79 Å². The molecule has 0 radical (unpaired) electrons. The minimum Gasteiger partial charge on any atom is -0.497 e. The molecule has 2 aromatic rings. The molecule has 0 heterocycles. The molecule has 0 unspecified atom stereocenters. The molecule has 2 rings (SSSR count). The van der Waals surface area contributed by atoms with Crippen molar-refractivity contribution >= 4 is 6.16 Å². The molecule has 0 bridgehead atoms. The van der Waals surface area contributed by atoms with E-state index in [1.54, 1.807) is 21.1 Å². The largest absolute Gasteiger partial charge is 0.509 e. The molecule has 0 N–H and O–H groups in total. The summed E-state index contributed by atoms with van der Waals surface area (Å²) in [6.45, 7) is 1.99. The molecule has 122 valence electrons. The maximum atomic E-state index is 11.8. The van der Waals surface area contributed by atoms with Crippen molar-refractivity contribution < 1.29 is 23.7 Å². The van der Waals surface area contributed by atoms with Crippen molar-refractivity contribution in [1.82, 2.24) is 0 Å². The van der Waals surface area contributed by atoms with Gasteiger partial charge in [0.05, 0.1) is 20.8 Å². The molecular weight excluding hydrogens is 296 g/mol. The zero-order chi connectivity index (χ0) is 16.7. The molecule has 2 aromatic carbocycles. The van der Waals surface area contributed by atoms with Gasteiger partial charge in [0.1, 0.15) is 11.5 Å². The second-order valence-corrected chi connectivity index (χ2v) is 4.73. The van der Waals surface area contributed by atoms with E-state index in [1.165, 1.54) is 0 Å². The molecular formula is C18H20O5. The van der Waals surface area contributed by atoms with E-state index >= 15 is 0 Å². The molecule has 0 saturated carbocycles. The van der Waals surface area contributed by atoms with Crippen LogP contribution in [0.3, 0.4) is 0 Å². The van der Waals surface area contributed by atoms with Gasteiger partial charge in [-0.15, -0.1) is 0 Å². The quantitative estimate of drug-likeness (QED) is 0.755. The number of rotatable bonds is 6. The van der Waals surface area contributed by atoms with Gasteiger partial charge in [0.15, 0.2) is 6.10 Å². The first kappa shape index (κ1) is 16.7.